The number of nitrogens with zero attached hydrogens (tertiary/aromatic N) is 1. The molecular weight excluding hydrogens is 146 g/mol. The van der Waals surface area contributed by atoms with Crippen LogP contribution in [0.2, 0.25) is 0 Å². The number of hydrogen-bond donors (Lipinski definition) is 0. The van der Waals surface area contributed by atoms with Crippen LogP contribution >= 0.6 is 0 Å². The highest BCUT2D eigenvalue weighted by Gasteiger charge is 1.90. The van der Waals surface area contributed by atoms with Gasteiger partial charge >= 0.3 is 0 Å². The van der Waals surface area contributed by atoms with Crippen molar-refractivity contribution in [3.05, 3.63) is 0 Å². The fraction of sp³-hybridized carbons (Fsp3) is 0.909. The fourth-order valence-electron chi connectivity index (χ4n) is 1.34. The second kappa shape index (κ2) is 10.5. The minimum atomic E-state index is 0.745. The topological polar surface area (TPSA) is 23.8 Å². The van der Waals surface area contributed by atoms with Gasteiger partial charge in [-0.3, -0.25) is 0 Å². The third kappa shape index (κ3) is 9.49. The predicted octanol–water partition coefficient (Wildman–Crippen LogP) is 4.04. The van der Waals surface area contributed by atoms with Crippen molar-refractivity contribution in [2.24, 2.45) is 0 Å². The van der Waals surface area contributed by atoms with Crippen LogP contribution in [0.3, 0.4) is 0 Å². The molecule has 0 aliphatic heterocycles. The Kier molecular flexibility index (Phi) is 10.0. The SMILES string of the molecule is CCCCCCCCCCC#N. The normalized spacial score (nSPS) is 9.67. The summed E-state index contributed by atoms with van der Waals surface area (Å²) in [5, 5.41) is 8.29. The number of rotatable bonds is 8. The van der Waals surface area contributed by atoms with E-state index in [1.807, 2.05) is 0 Å². The third-order valence-corrected chi connectivity index (χ3v) is 2.14. The van der Waals surface area contributed by atoms with Crippen molar-refractivity contribution in [3.8, 4) is 6.07 Å². The van der Waals surface area contributed by atoms with Crippen LogP contribution in [0.5, 0.6) is 0 Å². The van der Waals surface area contributed by atoms with E-state index >= 15 is 0 Å². The molecule has 12 heavy (non-hydrogen) atoms. The standard InChI is InChI=1S/C11H21N/c1-2-3-4-5-6-7-8-9-10-11-12/h2-10H2,1H3. The Balaban J connectivity index is 2.78. The predicted molar refractivity (Wildman–Crippen MR) is 52.8 cm³/mol. The number of nitriles is 1. The molecule has 0 spiro atoms. The average molecular weight is 167 g/mol. The van der Waals surface area contributed by atoms with Crippen LogP contribution in [0.1, 0.15) is 64.7 Å². The zero-order valence-corrected chi connectivity index (χ0v) is 8.31. The van der Waals surface area contributed by atoms with Crippen LogP contribution in [-0.2, 0) is 0 Å². The van der Waals surface area contributed by atoms with Crippen LogP contribution in [0.15, 0.2) is 0 Å². The molecule has 0 saturated carbocycles. The van der Waals surface area contributed by atoms with Crippen LogP contribution in [-0.4, -0.2) is 0 Å². The molecule has 0 atom stereocenters. The lowest BCUT2D eigenvalue weighted by molar-refractivity contribution is 0.578. The molecule has 0 bridgehead atoms. The minimum absolute atomic E-state index is 0.745. The Bertz CT molecular complexity index is 113. The van der Waals surface area contributed by atoms with Crippen molar-refractivity contribution in [3.63, 3.8) is 0 Å². The molecule has 0 amide bonds. The molecule has 0 aromatic carbocycles. The zero-order chi connectivity index (χ0) is 9.07. The Hall–Kier alpha value is -0.510. The minimum Gasteiger partial charge on any atom is -0.198 e. The molecule has 0 radical (unpaired) electrons. The van der Waals surface area contributed by atoms with Crippen LogP contribution in [0, 0.1) is 11.3 Å². The van der Waals surface area contributed by atoms with Crippen LogP contribution in [0.25, 0.3) is 0 Å². The van der Waals surface area contributed by atoms with E-state index in [0.717, 1.165) is 12.8 Å². The van der Waals surface area contributed by atoms with Gasteiger partial charge in [0.1, 0.15) is 0 Å². The molecule has 0 heterocycles. The average Bonchev–Trinajstić information content (AvgIpc) is 2.10. The molecule has 0 fully saturated rings. The van der Waals surface area contributed by atoms with E-state index < -0.39 is 0 Å². The van der Waals surface area contributed by atoms with Gasteiger partial charge in [-0.05, 0) is 6.42 Å². The van der Waals surface area contributed by atoms with Crippen molar-refractivity contribution < 1.29 is 0 Å². The molecule has 1 heteroatoms. The fourth-order valence-corrected chi connectivity index (χ4v) is 1.34. The lowest BCUT2D eigenvalue weighted by Gasteiger charge is -1.98. The quantitative estimate of drug-likeness (QED) is 0.500. The van der Waals surface area contributed by atoms with Crippen LogP contribution < -0.4 is 0 Å². The summed E-state index contributed by atoms with van der Waals surface area (Å²) < 4.78 is 0. The summed E-state index contributed by atoms with van der Waals surface area (Å²) in [4.78, 5) is 0. The lowest BCUT2D eigenvalue weighted by atomic mass is 10.1. The summed E-state index contributed by atoms with van der Waals surface area (Å²) in [6.45, 7) is 2.24. The van der Waals surface area contributed by atoms with Gasteiger partial charge < -0.3 is 0 Å². The van der Waals surface area contributed by atoms with Crippen molar-refractivity contribution in [2.45, 2.75) is 64.7 Å². The number of hydrogen-bond acceptors (Lipinski definition) is 1. The van der Waals surface area contributed by atoms with Gasteiger partial charge in [-0.2, -0.15) is 5.26 Å². The van der Waals surface area contributed by atoms with E-state index in [4.69, 9.17) is 5.26 Å². The molecule has 0 aliphatic rings. The second-order valence-corrected chi connectivity index (χ2v) is 3.38. The molecule has 0 aliphatic carbocycles. The molecule has 0 saturated heterocycles. The van der Waals surface area contributed by atoms with E-state index in [-0.39, 0.29) is 0 Å². The van der Waals surface area contributed by atoms with E-state index in [0.29, 0.717) is 0 Å². The maximum absolute atomic E-state index is 8.29. The second-order valence-electron chi connectivity index (χ2n) is 3.38. The largest absolute Gasteiger partial charge is 0.198 e. The van der Waals surface area contributed by atoms with Crippen molar-refractivity contribution in [1.29, 1.82) is 5.26 Å². The molecule has 0 unspecified atom stereocenters. The summed E-state index contributed by atoms with van der Waals surface area (Å²) in [5.74, 6) is 0. The molecule has 0 aromatic heterocycles. The van der Waals surface area contributed by atoms with E-state index in [9.17, 15) is 0 Å². The molecule has 0 N–H and O–H groups in total. The van der Waals surface area contributed by atoms with Gasteiger partial charge in [0.15, 0.2) is 0 Å². The highest BCUT2D eigenvalue weighted by atomic mass is 14.2. The van der Waals surface area contributed by atoms with E-state index in [2.05, 4.69) is 13.0 Å². The Labute approximate surface area is 76.8 Å². The van der Waals surface area contributed by atoms with Gasteiger partial charge in [-0.25, -0.2) is 0 Å². The summed E-state index contributed by atoms with van der Waals surface area (Å²) in [6, 6.07) is 2.18. The highest BCUT2D eigenvalue weighted by molar-refractivity contribution is 4.67. The van der Waals surface area contributed by atoms with Gasteiger partial charge in [0.05, 0.1) is 6.07 Å². The van der Waals surface area contributed by atoms with Gasteiger partial charge in [0.25, 0.3) is 0 Å². The first-order valence-corrected chi connectivity index (χ1v) is 5.28. The Morgan fingerprint density at radius 1 is 0.833 bits per heavy atom. The van der Waals surface area contributed by atoms with Gasteiger partial charge in [0.2, 0.25) is 0 Å². The lowest BCUT2D eigenvalue weighted by Crippen LogP contribution is -1.79. The molecular formula is C11H21N. The maximum Gasteiger partial charge on any atom is 0.0621 e. The maximum atomic E-state index is 8.29. The van der Waals surface area contributed by atoms with Gasteiger partial charge in [0, 0.05) is 6.42 Å². The third-order valence-electron chi connectivity index (χ3n) is 2.14. The molecule has 0 aromatic rings. The van der Waals surface area contributed by atoms with Crippen LogP contribution in [0.4, 0.5) is 0 Å². The monoisotopic (exact) mass is 167 g/mol. The van der Waals surface area contributed by atoms with Crippen molar-refractivity contribution >= 4 is 0 Å². The first kappa shape index (κ1) is 11.5. The molecule has 0 rings (SSSR count). The van der Waals surface area contributed by atoms with Crippen molar-refractivity contribution in [1.82, 2.24) is 0 Å². The zero-order valence-electron chi connectivity index (χ0n) is 8.31. The summed E-state index contributed by atoms with van der Waals surface area (Å²) in [6.07, 6.45) is 11.3. The number of unbranched alkanes of at least 4 members (excludes halogenated alkanes) is 8. The first-order valence-electron chi connectivity index (χ1n) is 5.28. The Morgan fingerprint density at radius 3 is 1.83 bits per heavy atom. The van der Waals surface area contributed by atoms with Gasteiger partial charge in [-0.1, -0.05) is 51.9 Å². The van der Waals surface area contributed by atoms with E-state index in [1.54, 1.807) is 0 Å². The summed E-state index contributed by atoms with van der Waals surface area (Å²) in [7, 11) is 0. The Morgan fingerprint density at radius 2 is 1.33 bits per heavy atom. The molecule has 70 valence electrons. The molecule has 1 nitrogen and oxygen atoms in total. The van der Waals surface area contributed by atoms with Gasteiger partial charge in [-0.15, -0.1) is 0 Å². The van der Waals surface area contributed by atoms with E-state index in [1.165, 1.54) is 44.9 Å². The highest BCUT2D eigenvalue weighted by Crippen LogP contribution is 2.08. The van der Waals surface area contributed by atoms with Crippen molar-refractivity contribution in [2.75, 3.05) is 0 Å². The first-order chi connectivity index (χ1) is 5.91. The summed E-state index contributed by atoms with van der Waals surface area (Å²) >= 11 is 0. The smallest absolute Gasteiger partial charge is 0.0621 e. The summed E-state index contributed by atoms with van der Waals surface area (Å²) in [5.41, 5.74) is 0.